The second kappa shape index (κ2) is 2.98. The third-order valence-corrected chi connectivity index (χ3v) is 2.32. The minimum Gasteiger partial charge on any atom is -0.320 e. The molecule has 0 fully saturated rings. The van der Waals surface area contributed by atoms with Gasteiger partial charge in [-0.1, -0.05) is 18.2 Å². The van der Waals surface area contributed by atoms with Crippen molar-refractivity contribution in [3.05, 3.63) is 35.8 Å². The molecule has 2 rings (SSSR count). The van der Waals surface area contributed by atoms with E-state index in [-0.39, 0.29) is 10.9 Å². The summed E-state index contributed by atoms with van der Waals surface area (Å²) in [5, 5.41) is -0.106. The fraction of sp³-hybridized carbons (Fsp3) is 0.200. The van der Waals surface area contributed by atoms with Crippen molar-refractivity contribution in [3.8, 4) is 0 Å². The summed E-state index contributed by atoms with van der Waals surface area (Å²) >= 11 is 0. The van der Waals surface area contributed by atoms with E-state index in [1.165, 1.54) is 25.2 Å². The Morgan fingerprint density at radius 1 is 1.13 bits per heavy atom. The average molecular weight is 217 g/mol. The molecular weight excluding hydrogens is 210 g/mol. The number of fused-ring (bicyclic) bond motifs is 1. The second-order valence-electron chi connectivity index (χ2n) is 3.24. The van der Waals surface area contributed by atoms with Crippen LogP contribution in [0.5, 0.6) is 0 Å². The van der Waals surface area contributed by atoms with Crippen molar-refractivity contribution in [2.75, 3.05) is 0 Å². The van der Waals surface area contributed by atoms with Crippen LogP contribution in [0.4, 0.5) is 17.6 Å². The van der Waals surface area contributed by atoms with E-state index >= 15 is 0 Å². The van der Waals surface area contributed by atoms with E-state index in [4.69, 9.17) is 0 Å². The Morgan fingerprint density at radius 2 is 1.73 bits per heavy atom. The molecule has 1 nitrogen and oxygen atoms in total. The molecule has 0 saturated heterocycles. The Kier molecular flexibility index (Phi) is 1.99. The first-order valence-electron chi connectivity index (χ1n) is 4.23. The van der Waals surface area contributed by atoms with Gasteiger partial charge in [0.15, 0.2) is 0 Å². The molecule has 0 aliphatic carbocycles. The Hall–Kier alpha value is -1.52. The second-order valence-corrected chi connectivity index (χ2v) is 3.24. The lowest BCUT2D eigenvalue weighted by molar-refractivity contribution is -0.138. The highest BCUT2D eigenvalue weighted by Crippen LogP contribution is 2.37. The first kappa shape index (κ1) is 10.0. The highest BCUT2D eigenvalue weighted by molar-refractivity contribution is 5.84. The van der Waals surface area contributed by atoms with E-state index in [2.05, 4.69) is 0 Å². The lowest BCUT2D eigenvalue weighted by Crippen LogP contribution is -2.07. The van der Waals surface area contributed by atoms with Crippen LogP contribution < -0.4 is 0 Å². The fourth-order valence-electron chi connectivity index (χ4n) is 1.63. The molecule has 15 heavy (non-hydrogen) atoms. The summed E-state index contributed by atoms with van der Waals surface area (Å²) in [7, 11) is 1.27. The van der Waals surface area contributed by atoms with Crippen molar-refractivity contribution in [1.29, 1.82) is 0 Å². The zero-order valence-electron chi connectivity index (χ0n) is 7.77. The number of aryl methyl sites for hydroxylation is 1. The molecule has 0 unspecified atom stereocenters. The molecule has 2 aromatic rings. The van der Waals surface area contributed by atoms with Crippen LogP contribution >= 0.6 is 0 Å². The molecule has 5 heteroatoms. The van der Waals surface area contributed by atoms with Gasteiger partial charge in [-0.15, -0.1) is 0 Å². The monoisotopic (exact) mass is 217 g/mol. The molecule has 0 atom stereocenters. The Labute approximate surface area is 82.9 Å². The van der Waals surface area contributed by atoms with E-state index in [1.54, 1.807) is 6.07 Å². The van der Waals surface area contributed by atoms with Crippen molar-refractivity contribution in [1.82, 2.24) is 4.57 Å². The summed E-state index contributed by atoms with van der Waals surface area (Å²) in [6.45, 7) is 0. The largest absolute Gasteiger partial charge is 0.421 e. The van der Waals surface area contributed by atoms with Crippen LogP contribution in [-0.2, 0) is 13.2 Å². The summed E-state index contributed by atoms with van der Waals surface area (Å²) in [4.78, 5) is 0. The standard InChI is InChI=1S/C10H7F4N/c1-15-7-5-3-2-4-6(7)8(9(15)11)10(12,13)14/h2-5H,1H3. The molecule has 0 spiro atoms. The summed E-state index contributed by atoms with van der Waals surface area (Å²) in [5.41, 5.74) is -0.956. The van der Waals surface area contributed by atoms with Crippen molar-refractivity contribution in [2.24, 2.45) is 7.05 Å². The maximum atomic E-state index is 13.4. The SMILES string of the molecule is Cn1c(F)c(C(F)(F)F)c2ccccc21. The van der Waals surface area contributed by atoms with E-state index in [0.29, 0.717) is 0 Å². The van der Waals surface area contributed by atoms with E-state index < -0.39 is 17.7 Å². The Balaban J connectivity index is 2.90. The average Bonchev–Trinajstić information content (AvgIpc) is 2.39. The van der Waals surface area contributed by atoms with E-state index in [0.717, 1.165) is 4.57 Å². The first-order chi connectivity index (χ1) is 6.93. The van der Waals surface area contributed by atoms with Crippen molar-refractivity contribution in [2.45, 2.75) is 6.18 Å². The number of alkyl halides is 3. The molecule has 80 valence electrons. The van der Waals surface area contributed by atoms with Gasteiger partial charge in [-0.2, -0.15) is 17.6 Å². The highest BCUT2D eigenvalue weighted by Gasteiger charge is 2.38. The molecule has 0 saturated carbocycles. The Bertz CT molecular complexity index is 510. The van der Waals surface area contributed by atoms with Crippen LogP contribution in [-0.4, -0.2) is 4.57 Å². The lowest BCUT2D eigenvalue weighted by atomic mass is 10.2. The summed E-state index contributed by atoms with van der Waals surface area (Å²) in [5.74, 6) is -1.25. The van der Waals surface area contributed by atoms with Crippen LogP contribution in [0, 0.1) is 5.95 Å². The molecule has 1 aromatic carbocycles. The van der Waals surface area contributed by atoms with Gasteiger partial charge in [-0.25, -0.2) is 0 Å². The molecular formula is C10H7F4N. The van der Waals surface area contributed by atoms with Crippen LogP contribution in [0.2, 0.25) is 0 Å². The van der Waals surface area contributed by atoms with E-state index in [9.17, 15) is 17.6 Å². The van der Waals surface area contributed by atoms with Gasteiger partial charge in [0.2, 0.25) is 5.95 Å². The molecule has 0 aliphatic rings. The molecule has 0 N–H and O–H groups in total. The number of rotatable bonds is 0. The number of nitrogens with zero attached hydrogens (tertiary/aromatic N) is 1. The third-order valence-electron chi connectivity index (χ3n) is 2.32. The van der Waals surface area contributed by atoms with Crippen LogP contribution in [0.25, 0.3) is 10.9 Å². The predicted octanol–water partition coefficient (Wildman–Crippen LogP) is 3.34. The van der Waals surface area contributed by atoms with Gasteiger partial charge in [0.05, 0.1) is 5.52 Å². The smallest absolute Gasteiger partial charge is 0.320 e. The summed E-state index contributed by atoms with van der Waals surface area (Å²) < 4.78 is 51.9. The number of para-hydroxylation sites is 1. The van der Waals surface area contributed by atoms with Gasteiger partial charge >= 0.3 is 6.18 Å². The molecule has 0 amide bonds. The van der Waals surface area contributed by atoms with Gasteiger partial charge < -0.3 is 4.57 Å². The van der Waals surface area contributed by atoms with Gasteiger partial charge in [0.25, 0.3) is 0 Å². The molecule has 0 bridgehead atoms. The Morgan fingerprint density at radius 3 is 2.33 bits per heavy atom. The zero-order chi connectivity index (χ0) is 11.2. The highest BCUT2D eigenvalue weighted by atomic mass is 19.4. The number of benzene rings is 1. The van der Waals surface area contributed by atoms with Crippen molar-refractivity contribution < 1.29 is 17.6 Å². The van der Waals surface area contributed by atoms with Crippen molar-refractivity contribution >= 4 is 10.9 Å². The van der Waals surface area contributed by atoms with E-state index in [1.807, 2.05) is 0 Å². The topological polar surface area (TPSA) is 4.93 Å². The van der Waals surface area contributed by atoms with Gasteiger partial charge in [-0.3, -0.25) is 0 Å². The third kappa shape index (κ3) is 1.38. The van der Waals surface area contributed by atoms with Gasteiger partial charge in [0, 0.05) is 12.4 Å². The number of hydrogen-bond acceptors (Lipinski definition) is 0. The van der Waals surface area contributed by atoms with Crippen molar-refractivity contribution in [3.63, 3.8) is 0 Å². The summed E-state index contributed by atoms with van der Waals surface area (Å²) in [6.07, 6.45) is -4.66. The fourth-order valence-corrected chi connectivity index (χ4v) is 1.63. The summed E-state index contributed by atoms with van der Waals surface area (Å²) in [6, 6.07) is 5.74. The zero-order valence-corrected chi connectivity index (χ0v) is 7.77. The van der Waals surface area contributed by atoms with Gasteiger partial charge in [0.1, 0.15) is 5.56 Å². The maximum Gasteiger partial charge on any atom is 0.421 e. The maximum absolute atomic E-state index is 13.4. The molecule has 0 aliphatic heterocycles. The number of hydrogen-bond donors (Lipinski definition) is 0. The predicted molar refractivity (Wildman–Crippen MR) is 47.9 cm³/mol. The number of aromatic nitrogens is 1. The molecule has 1 heterocycles. The lowest BCUT2D eigenvalue weighted by Gasteiger charge is -2.04. The van der Waals surface area contributed by atoms with Crippen LogP contribution in [0.1, 0.15) is 5.56 Å². The number of halogens is 4. The van der Waals surface area contributed by atoms with Crippen LogP contribution in [0.3, 0.4) is 0 Å². The minimum atomic E-state index is -4.66. The molecule has 0 radical (unpaired) electrons. The normalized spacial score (nSPS) is 12.3. The van der Waals surface area contributed by atoms with Gasteiger partial charge in [-0.05, 0) is 6.07 Å². The van der Waals surface area contributed by atoms with Crippen LogP contribution in [0.15, 0.2) is 24.3 Å². The minimum absolute atomic E-state index is 0.106. The quantitative estimate of drug-likeness (QED) is 0.596. The first-order valence-corrected chi connectivity index (χ1v) is 4.23. The molecule has 1 aromatic heterocycles.